The Morgan fingerprint density at radius 3 is 2.87 bits per heavy atom. The van der Waals surface area contributed by atoms with Crippen LogP contribution < -0.4 is 5.32 Å². The molecule has 2 atom stereocenters. The molecule has 0 radical (unpaired) electrons. The van der Waals surface area contributed by atoms with Crippen molar-refractivity contribution in [2.45, 2.75) is 19.4 Å². The van der Waals surface area contributed by atoms with Gasteiger partial charge < -0.3 is 10.2 Å². The van der Waals surface area contributed by atoms with Crippen LogP contribution in [0.15, 0.2) is 28.9 Å². The molecule has 0 saturated carbocycles. The standard InChI is InChI=1S/C15H15ClN4O3/c1-8-14(19-23-18-8)17-15(22)11-7-12(21)20(2)13(11)9-4-3-5-10(16)6-9/h3-6,11,13H,7H2,1-2H3,(H,17,19,22)/t11-,13+/m1/s1. The maximum Gasteiger partial charge on any atom is 0.231 e. The third kappa shape index (κ3) is 2.92. The second kappa shape index (κ2) is 6.00. The number of nitrogens with one attached hydrogen (secondary N) is 1. The molecule has 1 aliphatic rings. The van der Waals surface area contributed by atoms with Gasteiger partial charge in [-0.15, -0.1) is 0 Å². The quantitative estimate of drug-likeness (QED) is 0.929. The van der Waals surface area contributed by atoms with Crippen LogP contribution in [0.3, 0.4) is 0 Å². The number of likely N-dealkylation sites (tertiary alicyclic amines) is 1. The first-order valence-corrected chi connectivity index (χ1v) is 7.46. The molecule has 1 aromatic carbocycles. The summed E-state index contributed by atoms with van der Waals surface area (Å²) in [7, 11) is 1.68. The topological polar surface area (TPSA) is 88.3 Å². The van der Waals surface area contributed by atoms with Crippen LogP contribution in [0.25, 0.3) is 0 Å². The normalized spacial score (nSPS) is 20.8. The van der Waals surface area contributed by atoms with Crippen LogP contribution in [-0.2, 0) is 9.59 Å². The Morgan fingerprint density at radius 1 is 1.43 bits per heavy atom. The number of hydrogen-bond donors (Lipinski definition) is 1. The van der Waals surface area contributed by atoms with E-state index in [1.807, 2.05) is 6.07 Å². The summed E-state index contributed by atoms with van der Waals surface area (Å²) in [6.45, 7) is 1.67. The van der Waals surface area contributed by atoms with Crippen LogP contribution in [0.5, 0.6) is 0 Å². The monoisotopic (exact) mass is 334 g/mol. The van der Waals surface area contributed by atoms with Gasteiger partial charge in [-0.2, -0.15) is 0 Å². The van der Waals surface area contributed by atoms with Crippen molar-refractivity contribution in [2.75, 3.05) is 12.4 Å². The molecule has 2 aromatic rings. The van der Waals surface area contributed by atoms with Gasteiger partial charge in [-0.1, -0.05) is 28.9 Å². The molecule has 1 aromatic heterocycles. The molecular weight excluding hydrogens is 320 g/mol. The lowest BCUT2D eigenvalue weighted by Gasteiger charge is -2.24. The molecule has 2 heterocycles. The van der Waals surface area contributed by atoms with Gasteiger partial charge >= 0.3 is 0 Å². The number of rotatable bonds is 3. The second-order valence-corrected chi connectivity index (χ2v) is 5.94. The van der Waals surface area contributed by atoms with E-state index in [2.05, 4.69) is 20.3 Å². The minimum absolute atomic E-state index is 0.0925. The molecule has 0 aliphatic carbocycles. The largest absolute Gasteiger partial charge is 0.338 e. The number of carbonyl (C=O) groups is 2. The van der Waals surface area contributed by atoms with Gasteiger partial charge in [-0.25, -0.2) is 4.63 Å². The molecule has 1 saturated heterocycles. The van der Waals surface area contributed by atoms with Crippen LogP contribution in [-0.4, -0.2) is 34.1 Å². The Labute approximate surface area is 137 Å². The predicted molar refractivity (Wildman–Crippen MR) is 82.7 cm³/mol. The summed E-state index contributed by atoms with van der Waals surface area (Å²) in [4.78, 5) is 26.3. The fourth-order valence-corrected chi connectivity index (χ4v) is 3.00. The summed E-state index contributed by atoms with van der Waals surface area (Å²) in [6, 6.07) is 6.80. The maximum atomic E-state index is 12.6. The van der Waals surface area contributed by atoms with Crippen molar-refractivity contribution in [1.82, 2.24) is 15.2 Å². The van der Waals surface area contributed by atoms with Gasteiger partial charge in [-0.3, -0.25) is 9.59 Å². The maximum absolute atomic E-state index is 12.6. The zero-order chi connectivity index (χ0) is 16.6. The van der Waals surface area contributed by atoms with Crippen molar-refractivity contribution in [3.05, 3.63) is 40.5 Å². The fourth-order valence-electron chi connectivity index (χ4n) is 2.81. The van der Waals surface area contributed by atoms with Crippen LogP contribution >= 0.6 is 11.6 Å². The van der Waals surface area contributed by atoms with E-state index in [9.17, 15) is 9.59 Å². The summed E-state index contributed by atoms with van der Waals surface area (Å²) in [5, 5.41) is 10.5. The SMILES string of the molecule is Cc1nonc1NC(=O)[C@@H]1CC(=O)N(C)[C@H]1c1cccc(Cl)c1. The number of amides is 2. The highest BCUT2D eigenvalue weighted by Crippen LogP contribution is 2.38. The minimum atomic E-state index is -0.540. The van der Waals surface area contributed by atoms with E-state index in [1.165, 1.54) is 0 Å². The summed E-state index contributed by atoms with van der Waals surface area (Å²) in [5.74, 6) is -0.666. The molecular formula is C15H15ClN4O3. The number of anilines is 1. The third-order valence-electron chi connectivity index (χ3n) is 4.01. The molecule has 23 heavy (non-hydrogen) atoms. The van der Waals surface area contributed by atoms with E-state index in [0.717, 1.165) is 5.56 Å². The first-order valence-electron chi connectivity index (χ1n) is 7.08. The van der Waals surface area contributed by atoms with Crippen LogP contribution in [0.1, 0.15) is 23.7 Å². The summed E-state index contributed by atoms with van der Waals surface area (Å²) >= 11 is 6.04. The number of benzene rings is 1. The zero-order valence-electron chi connectivity index (χ0n) is 12.6. The number of aromatic nitrogens is 2. The lowest BCUT2D eigenvalue weighted by atomic mass is 9.93. The van der Waals surface area contributed by atoms with Crippen molar-refractivity contribution in [3.63, 3.8) is 0 Å². The van der Waals surface area contributed by atoms with E-state index in [-0.39, 0.29) is 30.1 Å². The average molecular weight is 335 g/mol. The van der Waals surface area contributed by atoms with E-state index >= 15 is 0 Å². The first kappa shape index (κ1) is 15.5. The number of nitrogens with zero attached hydrogens (tertiary/aromatic N) is 3. The van der Waals surface area contributed by atoms with Crippen molar-refractivity contribution in [3.8, 4) is 0 Å². The van der Waals surface area contributed by atoms with Gasteiger partial charge in [0.15, 0.2) is 5.82 Å². The lowest BCUT2D eigenvalue weighted by Crippen LogP contribution is -2.30. The number of aryl methyl sites for hydroxylation is 1. The summed E-state index contributed by atoms with van der Waals surface area (Å²) in [5.41, 5.74) is 1.30. The molecule has 0 spiro atoms. The highest BCUT2D eigenvalue weighted by molar-refractivity contribution is 6.30. The second-order valence-electron chi connectivity index (χ2n) is 5.50. The van der Waals surface area contributed by atoms with Crippen molar-refractivity contribution in [2.24, 2.45) is 5.92 Å². The molecule has 1 fully saturated rings. The van der Waals surface area contributed by atoms with Gasteiger partial charge in [0, 0.05) is 18.5 Å². The lowest BCUT2D eigenvalue weighted by molar-refractivity contribution is -0.127. The molecule has 120 valence electrons. The number of hydrogen-bond acceptors (Lipinski definition) is 5. The molecule has 8 heteroatoms. The molecule has 0 unspecified atom stereocenters. The fraction of sp³-hybridized carbons (Fsp3) is 0.333. The summed E-state index contributed by atoms with van der Waals surface area (Å²) < 4.78 is 4.57. The number of halogens is 1. The average Bonchev–Trinajstić information content (AvgIpc) is 3.04. The van der Waals surface area contributed by atoms with Gasteiger partial charge in [0.2, 0.25) is 11.8 Å². The zero-order valence-corrected chi connectivity index (χ0v) is 13.4. The summed E-state index contributed by atoms with van der Waals surface area (Å²) in [6.07, 6.45) is 0.129. The van der Waals surface area contributed by atoms with E-state index < -0.39 is 5.92 Å². The van der Waals surface area contributed by atoms with Gasteiger partial charge in [-0.05, 0) is 29.8 Å². The predicted octanol–water partition coefficient (Wildman–Crippen LogP) is 2.19. The third-order valence-corrected chi connectivity index (χ3v) is 4.24. The molecule has 0 bridgehead atoms. The van der Waals surface area contributed by atoms with Gasteiger partial charge in [0.05, 0.1) is 12.0 Å². The highest BCUT2D eigenvalue weighted by Gasteiger charge is 2.43. The Morgan fingerprint density at radius 2 is 2.22 bits per heavy atom. The van der Waals surface area contributed by atoms with Crippen LogP contribution in [0.2, 0.25) is 5.02 Å². The number of carbonyl (C=O) groups excluding carboxylic acids is 2. The van der Waals surface area contributed by atoms with Crippen LogP contribution in [0, 0.1) is 12.8 Å². The Bertz CT molecular complexity index is 761. The molecule has 2 amide bonds. The van der Waals surface area contributed by atoms with Crippen molar-refractivity contribution >= 4 is 29.2 Å². The highest BCUT2D eigenvalue weighted by atomic mass is 35.5. The van der Waals surface area contributed by atoms with Gasteiger partial charge in [0.25, 0.3) is 0 Å². The van der Waals surface area contributed by atoms with Crippen molar-refractivity contribution in [1.29, 1.82) is 0 Å². The van der Waals surface area contributed by atoms with E-state index in [4.69, 9.17) is 11.6 Å². The smallest absolute Gasteiger partial charge is 0.231 e. The van der Waals surface area contributed by atoms with Crippen LogP contribution in [0.4, 0.5) is 5.82 Å². The molecule has 1 N–H and O–H groups in total. The minimum Gasteiger partial charge on any atom is -0.338 e. The Hall–Kier alpha value is -2.41. The Kier molecular flexibility index (Phi) is 4.04. The molecule has 3 rings (SSSR count). The first-order chi connectivity index (χ1) is 11.0. The Balaban J connectivity index is 1.88. The van der Waals surface area contributed by atoms with Crippen molar-refractivity contribution < 1.29 is 14.2 Å². The van der Waals surface area contributed by atoms with Gasteiger partial charge in [0.1, 0.15) is 5.69 Å². The van der Waals surface area contributed by atoms with E-state index in [1.54, 1.807) is 37.1 Å². The van der Waals surface area contributed by atoms with E-state index in [0.29, 0.717) is 10.7 Å². The molecule has 7 nitrogen and oxygen atoms in total. The molecule has 1 aliphatic heterocycles.